The molecule has 2 nitrogen and oxygen atoms in total. The van der Waals surface area contributed by atoms with Crippen molar-refractivity contribution in [2.75, 3.05) is 13.2 Å². The molecule has 1 atom stereocenters. The molecule has 17 heavy (non-hydrogen) atoms. The summed E-state index contributed by atoms with van der Waals surface area (Å²) in [5, 5.41) is 11.3. The smallest absolute Gasteiger partial charge is 0.390 e. The number of aliphatic hydroxyl groups is 1. The standard InChI is InChI=1S/C11H13BrF3NO/c12-9-3-1-8(2-4-9)10(16-5-6-17)7-11(13,14)15/h1-4,10,16-17H,5-7H2/t10-/m0/s1. The summed E-state index contributed by atoms with van der Waals surface area (Å²) in [7, 11) is 0. The number of benzene rings is 1. The van der Waals surface area contributed by atoms with Gasteiger partial charge < -0.3 is 10.4 Å². The van der Waals surface area contributed by atoms with E-state index in [0.29, 0.717) is 5.56 Å². The first-order chi connectivity index (χ1) is 7.92. The molecule has 0 saturated heterocycles. The minimum Gasteiger partial charge on any atom is -0.395 e. The lowest BCUT2D eigenvalue weighted by Crippen LogP contribution is -2.28. The first kappa shape index (κ1) is 14.5. The molecule has 6 heteroatoms. The van der Waals surface area contributed by atoms with E-state index in [1.807, 2.05) is 0 Å². The molecule has 1 rings (SSSR count). The summed E-state index contributed by atoms with van der Waals surface area (Å²) >= 11 is 3.23. The predicted octanol–water partition coefficient (Wildman–Crippen LogP) is 3.02. The topological polar surface area (TPSA) is 32.3 Å². The Hall–Kier alpha value is -0.590. The lowest BCUT2D eigenvalue weighted by Gasteiger charge is -2.20. The van der Waals surface area contributed by atoms with Crippen LogP contribution in [0.15, 0.2) is 28.7 Å². The third-order valence-electron chi connectivity index (χ3n) is 2.21. The van der Waals surface area contributed by atoms with Crippen molar-refractivity contribution in [3.05, 3.63) is 34.3 Å². The van der Waals surface area contributed by atoms with Crippen LogP contribution < -0.4 is 5.32 Å². The fourth-order valence-electron chi connectivity index (χ4n) is 1.47. The number of aliphatic hydroxyl groups excluding tert-OH is 1. The normalized spacial score (nSPS) is 13.7. The van der Waals surface area contributed by atoms with Crippen LogP contribution in [-0.2, 0) is 0 Å². The Labute approximate surface area is 106 Å². The predicted molar refractivity (Wildman–Crippen MR) is 62.6 cm³/mol. The zero-order valence-corrected chi connectivity index (χ0v) is 10.6. The van der Waals surface area contributed by atoms with Crippen LogP contribution >= 0.6 is 15.9 Å². The quantitative estimate of drug-likeness (QED) is 0.876. The maximum Gasteiger partial charge on any atom is 0.390 e. The fourth-order valence-corrected chi connectivity index (χ4v) is 1.74. The zero-order valence-electron chi connectivity index (χ0n) is 8.97. The van der Waals surface area contributed by atoms with Crippen molar-refractivity contribution in [2.45, 2.75) is 18.6 Å². The zero-order chi connectivity index (χ0) is 12.9. The molecule has 0 unspecified atom stereocenters. The van der Waals surface area contributed by atoms with E-state index in [1.165, 1.54) is 0 Å². The third kappa shape index (κ3) is 5.52. The molecule has 96 valence electrons. The maximum absolute atomic E-state index is 12.4. The van der Waals surface area contributed by atoms with E-state index >= 15 is 0 Å². The molecule has 0 amide bonds. The molecule has 0 aliphatic heterocycles. The van der Waals surface area contributed by atoms with Gasteiger partial charge in [-0.15, -0.1) is 0 Å². The van der Waals surface area contributed by atoms with Gasteiger partial charge in [0.15, 0.2) is 0 Å². The minimum atomic E-state index is -4.24. The van der Waals surface area contributed by atoms with Crippen LogP contribution in [0, 0.1) is 0 Å². The van der Waals surface area contributed by atoms with E-state index in [0.717, 1.165) is 4.47 Å². The minimum absolute atomic E-state index is 0.136. The number of rotatable bonds is 5. The van der Waals surface area contributed by atoms with Crippen molar-refractivity contribution >= 4 is 15.9 Å². The lowest BCUT2D eigenvalue weighted by atomic mass is 10.0. The Balaban J connectivity index is 2.78. The van der Waals surface area contributed by atoms with Crippen LogP contribution in [-0.4, -0.2) is 24.4 Å². The van der Waals surface area contributed by atoms with E-state index in [4.69, 9.17) is 5.11 Å². The second-order valence-corrected chi connectivity index (χ2v) is 4.52. The summed E-state index contributed by atoms with van der Waals surface area (Å²) in [6, 6.07) is 5.82. The van der Waals surface area contributed by atoms with Gasteiger partial charge in [0.2, 0.25) is 0 Å². The van der Waals surface area contributed by atoms with Crippen LogP contribution in [0.3, 0.4) is 0 Å². The van der Waals surface area contributed by atoms with Crippen LogP contribution in [0.25, 0.3) is 0 Å². The highest BCUT2D eigenvalue weighted by molar-refractivity contribution is 9.10. The fraction of sp³-hybridized carbons (Fsp3) is 0.455. The molecule has 0 heterocycles. The van der Waals surface area contributed by atoms with Crippen molar-refractivity contribution in [3.63, 3.8) is 0 Å². The molecule has 1 aromatic carbocycles. The highest BCUT2D eigenvalue weighted by atomic mass is 79.9. The van der Waals surface area contributed by atoms with Gasteiger partial charge in [0.05, 0.1) is 13.0 Å². The molecule has 0 fully saturated rings. The monoisotopic (exact) mass is 311 g/mol. The van der Waals surface area contributed by atoms with Gasteiger partial charge >= 0.3 is 6.18 Å². The van der Waals surface area contributed by atoms with Gasteiger partial charge in [0.25, 0.3) is 0 Å². The Morgan fingerprint density at radius 3 is 2.29 bits per heavy atom. The number of nitrogens with one attached hydrogen (secondary N) is 1. The Bertz CT molecular complexity index is 340. The number of halogens is 4. The van der Waals surface area contributed by atoms with Crippen molar-refractivity contribution in [1.82, 2.24) is 5.32 Å². The summed E-state index contributed by atoms with van der Waals surface area (Å²) < 4.78 is 38.0. The van der Waals surface area contributed by atoms with E-state index in [1.54, 1.807) is 24.3 Å². The number of hydrogen-bond donors (Lipinski definition) is 2. The summed E-state index contributed by atoms with van der Waals surface area (Å²) in [5.41, 5.74) is 0.555. The van der Waals surface area contributed by atoms with Crippen molar-refractivity contribution < 1.29 is 18.3 Å². The molecule has 0 radical (unpaired) electrons. The van der Waals surface area contributed by atoms with E-state index in [9.17, 15) is 13.2 Å². The van der Waals surface area contributed by atoms with Gasteiger partial charge in [-0.1, -0.05) is 28.1 Å². The first-order valence-corrected chi connectivity index (χ1v) is 5.88. The molecule has 0 spiro atoms. The Morgan fingerprint density at radius 1 is 1.24 bits per heavy atom. The van der Waals surface area contributed by atoms with E-state index in [-0.39, 0.29) is 13.2 Å². The SMILES string of the molecule is OCCN[C@@H](CC(F)(F)F)c1ccc(Br)cc1. The second kappa shape index (κ2) is 6.37. The Morgan fingerprint density at radius 2 is 1.82 bits per heavy atom. The van der Waals surface area contributed by atoms with Gasteiger partial charge in [0.1, 0.15) is 0 Å². The first-order valence-electron chi connectivity index (χ1n) is 5.09. The maximum atomic E-state index is 12.4. The lowest BCUT2D eigenvalue weighted by molar-refractivity contribution is -0.140. The van der Waals surface area contributed by atoms with Gasteiger partial charge in [-0.25, -0.2) is 0 Å². The summed E-state index contributed by atoms with van der Waals surface area (Å²) in [6.07, 6.45) is -5.19. The summed E-state index contributed by atoms with van der Waals surface area (Å²) in [4.78, 5) is 0. The third-order valence-corrected chi connectivity index (χ3v) is 2.74. The highest BCUT2D eigenvalue weighted by Gasteiger charge is 2.32. The number of alkyl halides is 3. The van der Waals surface area contributed by atoms with E-state index in [2.05, 4.69) is 21.2 Å². The average Bonchev–Trinajstić information content (AvgIpc) is 2.24. The van der Waals surface area contributed by atoms with Crippen LogP contribution in [0.1, 0.15) is 18.0 Å². The molecule has 0 saturated carbocycles. The van der Waals surface area contributed by atoms with Crippen molar-refractivity contribution in [2.24, 2.45) is 0 Å². The van der Waals surface area contributed by atoms with E-state index < -0.39 is 18.6 Å². The van der Waals surface area contributed by atoms with Gasteiger partial charge in [-0.05, 0) is 17.7 Å². The molecule has 0 aromatic heterocycles. The largest absolute Gasteiger partial charge is 0.395 e. The molecule has 2 N–H and O–H groups in total. The molecular formula is C11H13BrF3NO. The van der Waals surface area contributed by atoms with Crippen LogP contribution in [0.4, 0.5) is 13.2 Å². The van der Waals surface area contributed by atoms with Gasteiger partial charge in [-0.2, -0.15) is 13.2 Å². The summed E-state index contributed by atoms with van der Waals surface area (Å²) in [5.74, 6) is 0. The van der Waals surface area contributed by atoms with Gasteiger partial charge in [-0.3, -0.25) is 0 Å². The molecule has 1 aromatic rings. The second-order valence-electron chi connectivity index (χ2n) is 3.60. The molecular weight excluding hydrogens is 299 g/mol. The van der Waals surface area contributed by atoms with Crippen molar-refractivity contribution in [3.8, 4) is 0 Å². The average molecular weight is 312 g/mol. The Kier molecular flexibility index (Phi) is 5.42. The van der Waals surface area contributed by atoms with Crippen LogP contribution in [0.2, 0.25) is 0 Å². The van der Waals surface area contributed by atoms with Crippen molar-refractivity contribution in [1.29, 1.82) is 0 Å². The van der Waals surface area contributed by atoms with Gasteiger partial charge in [0, 0.05) is 17.1 Å². The van der Waals surface area contributed by atoms with Crippen LogP contribution in [0.5, 0.6) is 0 Å². The summed E-state index contributed by atoms with van der Waals surface area (Å²) in [6.45, 7) is -0.0539. The highest BCUT2D eigenvalue weighted by Crippen LogP contribution is 2.29. The molecule has 0 aliphatic rings. The molecule has 0 aliphatic carbocycles. The molecule has 0 bridgehead atoms. The number of hydrogen-bond acceptors (Lipinski definition) is 2.